The maximum atomic E-state index is 12.6. The van der Waals surface area contributed by atoms with E-state index in [1.165, 1.54) is 19.1 Å². The van der Waals surface area contributed by atoms with Crippen molar-refractivity contribution in [1.82, 2.24) is 0 Å². The molecule has 1 unspecified atom stereocenters. The molecule has 0 bridgehead atoms. The van der Waals surface area contributed by atoms with E-state index in [9.17, 15) is 4.79 Å². The fraction of sp³-hybridized carbons (Fsp3) is 0.333. The number of carbonyl (C=O) groups is 1. The molecule has 1 aliphatic carbocycles. The highest BCUT2D eigenvalue weighted by Gasteiger charge is 2.47. The van der Waals surface area contributed by atoms with E-state index in [1.807, 2.05) is 35.2 Å². The summed E-state index contributed by atoms with van der Waals surface area (Å²) in [7, 11) is 0. The van der Waals surface area contributed by atoms with Gasteiger partial charge in [-0.25, -0.2) is 0 Å². The number of hydrogen-bond acceptors (Lipinski definition) is 3. The Kier molecular flexibility index (Phi) is 4.80. The molecule has 1 fully saturated rings. The largest absolute Gasteiger partial charge is 0.378 e. The van der Waals surface area contributed by atoms with Gasteiger partial charge in [-0.1, -0.05) is 37.8 Å². The molecule has 0 radical (unpaired) electrons. The summed E-state index contributed by atoms with van der Waals surface area (Å²) in [5.41, 5.74) is 4.76. The number of nitrogens with one attached hydrogen (secondary N) is 2. The monoisotopic (exact) mass is 373 g/mol. The molecule has 2 aromatic carbocycles. The van der Waals surface area contributed by atoms with Crippen LogP contribution >= 0.6 is 0 Å². The normalized spacial score (nSPS) is 23.6. The summed E-state index contributed by atoms with van der Waals surface area (Å²) < 4.78 is 0. The number of nitrogens with zero attached hydrogens (tertiary/aromatic N) is 1. The average Bonchev–Trinajstić information content (AvgIpc) is 3.54. The van der Waals surface area contributed by atoms with Crippen LogP contribution in [0.25, 0.3) is 5.57 Å². The van der Waals surface area contributed by atoms with Crippen LogP contribution in [-0.2, 0) is 4.79 Å². The van der Waals surface area contributed by atoms with Crippen LogP contribution in [-0.4, -0.2) is 18.2 Å². The lowest BCUT2D eigenvalue weighted by Gasteiger charge is -2.46. The molecule has 1 amide bonds. The van der Waals surface area contributed by atoms with E-state index in [0.29, 0.717) is 11.5 Å². The standard InChI is InChI=1S/C24H27N3O/c1-15(14-25)19-11-12-22-21(13-19)23(26-20-7-5-4-6-8-20)16(2)24(18-9-10-18)27(22)17(3)28/h4-8,11-14,16,18,23-26H,1,9-10H2,2-3H3/t16-,23-,24?/m1/s1. The van der Waals surface area contributed by atoms with Crippen molar-refractivity contribution in [2.24, 2.45) is 11.8 Å². The molecule has 1 saturated carbocycles. The maximum Gasteiger partial charge on any atom is 0.224 e. The Labute approximate surface area is 166 Å². The van der Waals surface area contributed by atoms with Crippen molar-refractivity contribution in [3.63, 3.8) is 0 Å². The lowest BCUT2D eigenvalue weighted by Crippen LogP contribution is -2.51. The third-order valence-electron chi connectivity index (χ3n) is 6.07. The summed E-state index contributed by atoms with van der Waals surface area (Å²) in [6.45, 7) is 7.90. The Balaban J connectivity index is 1.84. The number of benzene rings is 2. The number of rotatable bonds is 5. The zero-order chi connectivity index (χ0) is 19.8. The third kappa shape index (κ3) is 3.24. The van der Waals surface area contributed by atoms with E-state index in [1.54, 1.807) is 6.92 Å². The number of hydrogen-bond donors (Lipinski definition) is 2. The van der Waals surface area contributed by atoms with Crippen molar-refractivity contribution in [2.75, 3.05) is 10.2 Å². The molecule has 2 aliphatic rings. The second-order valence-electron chi connectivity index (χ2n) is 8.01. The van der Waals surface area contributed by atoms with E-state index < -0.39 is 0 Å². The van der Waals surface area contributed by atoms with Crippen molar-refractivity contribution < 1.29 is 4.79 Å². The van der Waals surface area contributed by atoms with Crippen molar-refractivity contribution in [3.8, 4) is 0 Å². The lowest BCUT2D eigenvalue weighted by molar-refractivity contribution is -0.117. The van der Waals surface area contributed by atoms with Gasteiger partial charge in [0.05, 0.1) is 6.04 Å². The number of fused-ring (bicyclic) bond motifs is 1. The van der Waals surface area contributed by atoms with Gasteiger partial charge in [-0.15, -0.1) is 0 Å². The molecule has 0 aromatic heterocycles. The van der Waals surface area contributed by atoms with E-state index >= 15 is 0 Å². The first kappa shape index (κ1) is 18.5. The number of carbonyl (C=O) groups excluding carboxylic acids is 1. The molecule has 1 aliphatic heterocycles. The topological polar surface area (TPSA) is 56.2 Å². The van der Waals surface area contributed by atoms with Crippen LogP contribution in [0.15, 0.2) is 55.1 Å². The molecule has 144 valence electrons. The molecule has 2 aromatic rings. The molecule has 4 heteroatoms. The van der Waals surface area contributed by atoms with Crippen LogP contribution in [0.3, 0.4) is 0 Å². The van der Waals surface area contributed by atoms with Gasteiger partial charge in [0.1, 0.15) is 0 Å². The summed E-state index contributed by atoms with van der Waals surface area (Å²) in [4.78, 5) is 14.7. The predicted octanol–water partition coefficient (Wildman–Crippen LogP) is 5.28. The van der Waals surface area contributed by atoms with Crippen LogP contribution in [0.4, 0.5) is 11.4 Å². The minimum Gasteiger partial charge on any atom is -0.378 e. The molecule has 28 heavy (non-hydrogen) atoms. The molecule has 3 atom stereocenters. The van der Waals surface area contributed by atoms with Gasteiger partial charge < -0.3 is 15.6 Å². The third-order valence-corrected chi connectivity index (χ3v) is 6.07. The van der Waals surface area contributed by atoms with Crippen LogP contribution in [0, 0.1) is 17.2 Å². The zero-order valence-corrected chi connectivity index (χ0v) is 16.5. The average molecular weight is 374 g/mol. The first-order valence-electron chi connectivity index (χ1n) is 9.96. The maximum absolute atomic E-state index is 12.6. The minimum atomic E-state index is 0.0945. The van der Waals surface area contributed by atoms with Crippen LogP contribution < -0.4 is 10.2 Å². The molecule has 1 heterocycles. The van der Waals surface area contributed by atoms with Crippen molar-refractivity contribution in [1.29, 1.82) is 5.41 Å². The molecule has 4 nitrogen and oxygen atoms in total. The Morgan fingerprint density at radius 2 is 1.93 bits per heavy atom. The number of amides is 1. The van der Waals surface area contributed by atoms with E-state index in [0.717, 1.165) is 22.5 Å². The number of anilines is 2. The van der Waals surface area contributed by atoms with Crippen LogP contribution in [0.5, 0.6) is 0 Å². The summed E-state index contributed by atoms with van der Waals surface area (Å²) in [6, 6.07) is 16.6. The Morgan fingerprint density at radius 3 is 2.54 bits per heavy atom. The molecule has 2 N–H and O–H groups in total. The van der Waals surface area contributed by atoms with Crippen LogP contribution in [0.1, 0.15) is 43.9 Å². The molecule has 0 saturated heterocycles. The summed E-state index contributed by atoms with van der Waals surface area (Å²) >= 11 is 0. The Hall–Kier alpha value is -2.88. The highest BCUT2D eigenvalue weighted by molar-refractivity contribution is 6.07. The van der Waals surface area contributed by atoms with Gasteiger partial charge in [-0.3, -0.25) is 4.79 Å². The Bertz CT molecular complexity index is 917. The lowest BCUT2D eigenvalue weighted by atomic mass is 9.79. The van der Waals surface area contributed by atoms with Gasteiger partial charge >= 0.3 is 0 Å². The van der Waals surface area contributed by atoms with Crippen molar-refractivity contribution in [2.45, 2.75) is 38.8 Å². The molecular formula is C24H27N3O. The Morgan fingerprint density at radius 1 is 1.21 bits per heavy atom. The minimum absolute atomic E-state index is 0.0945. The van der Waals surface area contributed by atoms with Crippen molar-refractivity contribution in [3.05, 3.63) is 66.2 Å². The second kappa shape index (κ2) is 7.27. The quantitative estimate of drug-likeness (QED) is 0.700. The first-order chi connectivity index (χ1) is 13.5. The highest BCUT2D eigenvalue weighted by atomic mass is 16.2. The van der Waals surface area contributed by atoms with E-state index in [4.69, 9.17) is 5.41 Å². The number of allylic oxidation sites excluding steroid dienone is 1. The highest BCUT2D eigenvalue weighted by Crippen LogP contribution is 2.50. The van der Waals surface area contributed by atoms with Crippen molar-refractivity contribution >= 4 is 29.1 Å². The molecule has 0 spiro atoms. The van der Waals surface area contributed by atoms with E-state index in [2.05, 4.69) is 37.0 Å². The zero-order valence-electron chi connectivity index (χ0n) is 16.5. The molecular weight excluding hydrogens is 346 g/mol. The van der Waals surface area contributed by atoms with Gasteiger partial charge in [0.25, 0.3) is 0 Å². The van der Waals surface area contributed by atoms with Gasteiger partial charge in [0.15, 0.2) is 0 Å². The second-order valence-corrected chi connectivity index (χ2v) is 8.01. The summed E-state index contributed by atoms with van der Waals surface area (Å²) in [5.74, 6) is 0.942. The fourth-order valence-electron chi connectivity index (χ4n) is 4.56. The van der Waals surface area contributed by atoms with Gasteiger partial charge in [0.2, 0.25) is 5.91 Å². The predicted molar refractivity (Wildman–Crippen MR) is 116 cm³/mol. The molecule has 4 rings (SSSR count). The smallest absolute Gasteiger partial charge is 0.224 e. The van der Waals surface area contributed by atoms with Gasteiger partial charge in [0, 0.05) is 36.5 Å². The van der Waals surface area contributed by atoms with Gasteiger partial charge in [-0.2, -0.15) is 0 Å². The summed E-state index contributed by atoms with van der Waals surface area (Å²) in [5, 5.41) is 11.3. The van der Waals surface area contributed by atoms with Gasteiger partial charge in [-0.05, 0) is 59.7 Å². The SMILES string of the molecule is C=C(C=N)c1ccc2c(c1)[C@H](Nc1ccccc1)[C@@H](C)C(C1CC1)N2C(C)=O. The van der Waals surface area contributed by atoms with E-state index in [-0.39, 0.29) is 23.9 Å². The fourth-order valence-corrected chi connectivity index (χ4v) is 4.56. The first-order valence-corrected chi connectivity index (χ1v) is 9.96. The summed E-state index contributed by atoms with van der Waals surface area (Å²) in [6.07, 6.45) is 3.66. The number of para-hydroxylation sites is 1. The van der Waals surface area contributed by atoms with Crippen LogP contribution in [0.2, 0.25) is 0 Å².